The third-order valence-corrected chi connectivity index (χ3v) is 3.15. The van der Waals surface area contributed by atoms with Gasteiger partial charge in [0.05, 0.1) is 0 Å². The summed E-state index contributed by atoms with van der Waals surface area (Å²) in [6.45, 7) is 4.28. The van der Waals surface area contributed by atoms with Crippen molar-refractivity contribution in [2.45, 2.75) is 33.1 Å². The van der Waals surface area contributed by atoms with Crippen molar-refractivity contribution in [2.24, 2.45) is 5.73 Å². The zero-order valence-electron chi connectivity index (χ0n) is 12.5. The van der Waals surface area contributed by atoms with Gasteiger partial charge in [0.2, 0.25) is 0 Å². The average molecular weight is 271 g/mol. The molecule has 20 heavy (non-hydrogen) atoms. The van der Waals surface area contributed by atoms with Gasteiger partial charge in [0.1, 0.15) is 0 Å². The lowest BCUT2D eigenvalue weighted by Gasteiger charge is -2.09. The fourth-order valence-corrected chi connectivity index (χ4v) is 2.13. The van der Waals surface area contributed by atoms with E-state index in [1.54, 1.807) is 0 Å². The van der Waals surface area contributed by atoms with Gasteiger partial charge in [0, 0.05) is 12.3 Å². The SMILES string of the molecule is C\C=C/C(=C\C)C(=C/C1=CC=C(N)C=CC1)/CCCO. The molecule has 0 bridgehead atoms. The Morgan fingerprint density at radius 2 is 2.15 bits per heavy atom. The highest BCUT2D eigenvalue weighted by Crippen LogP contribution is 2.22. The fourth-order valence-electron chi connectivity index (χ4n) is 2.13. The highest BCUT2D eigenvalue weighted by Gasteiger charge is 2.04. The molecule has 108 valence electrons. The molecule has 3 N–H and O–H groups in total. The average Bonchev–Trinajstić information content (AvgIpc) is 2.66. The predicted octanol–water partition coefficient (Wildman–Crippen LogP) is 3.94. The summed E-state index contributed by atoms with van der Waals surface area (Å²) in [6.07, 6.45) is 19.0. The van der Waals surface area contributed by atoms with E-state index < -0.39 is 0 Å². The number of rotatable bonds is 6. The molecule has 0 saturated carbocycles. The van der Waals surface area contributed by atoms with E-state index in [9.17, 15) is 0 Å². The Hall–Kier alpha value is -1.80. The molecule has 0 amide bonds. The lowest BCUT2D eigenvalue weighted by molar-refractivity contribution is 0.289. The third kappa shape index (κ3) is 5.45. The van der Waals surface area contributed by atoms with Crippen LogP contribution in [0.25, 0.3) is 0 Å². The number of aliphatic hydroxyl groups excluding tert-OH is 1. The highest BCUT2D eigenvalue weighted by atomic mass is 16.2. The van der Waals surface area contributed by atoms with E-state index in [1.807, 2.05) is 32.1 Å². The Kier molecular flexibility index (Phi) is 7.44. The molecular weight excluding hydrogens is 246 g/mol. The van der Waals surface area contributed by atoms with Crippen LogP contribution in [-0.4, -0.2) is 11.7 Å². The molecule has 1 aliphatic rings. The van der Waals surface area contributed by atoms with Crippen LogP contribution < -0.4 is 5.73 Å². The van der Waals surface area contributed by atoms with Gasteiger partial charge in [-0.05, 0) is 62.0 Å². The van der Waals surface area contributed by atoms with Crippen molar-refractivity contribution in [3.05, 3.63) is 71.0 Å². The standard InChI is InChI=1S/C18H25NO/c1-3-7-16(4-2)17(9-6-13-20)14-15-8-5-10-18(19)12-11-15/h3-5,7,10-12,14,20H,6,8-9,13,19H2,1-2H3/b7-3-,16-4+,17-14+. The lowest BCUT2D eigenvalue weighted by Crippen LogP contribution is -1.92. The first-order valence-corrected chi connectivity index (χ1v) is 7.15. The van der Waals surface area contributed by atoms with Crippen LogP contribution in [-0.2, 0) is 0 Å². The minimum atomic E-state index is 0.218. The van der Waals surface area contributed by atoms with Crippen molar-refractivity contribution in [2.75, 3.05) is 6.61 Å². The first-order chi connectivity index (χ1) is 9.71. The zero-order valence-corrected chi connectivity index (χ0v) is 12.5. The van der Waals surface area contributed by atoms with Crippen molar-refractivity contribution in [3.8, 4) is 0 Å². The Labute approximate surface area is 122 Å². The maximum atomic E-state index is 9.07. The van der Waals surface area contributed by atoms with E-state index in [0.29, 0.717) is 0 Å². The van der Waals surface area contributed by atoms with Crippen LogP contribution in [0, 0.1) is 0 Å². The van der Waals surface area contributed by atoms with Crippen LogP contribution in [0.1, 0.15) is 33.1 Å². The minimum Gasteiger partial charge on any atom is -0.399 e. The number of allylic oxidation sites excluding steroid dienone is 11. The molecule has 0 fully saturated rings. The summed E-state index contributed by atoms with van der Waals surface area (Å²) in [5, 5.41) is 9.07. The van der Waals surface area contributed by atoms with Gasteiger partial charge in [-0.15, -0.1) is 0 Å². The predicted molar refractivity (Wildman–Crippen MR) is 87.1 cm³/mol. The summed E-state index contributed by atoms with van der Waals surface area (Å²) in [5.74, 6) is 0. The van der Waals surface area contributed by atoms with Crippen LogP contribution >= 0.6 is 0 Å². The second-order valence-corrected chi connectivity index (χ2v) is 4.76. The van der Waals surface area contributed by atoms with E-state index in [0.717, 1.165) is 25.0 Å². The summed E-state index contributed by atoms with van der Waals surface area (Å²) >= 11 is 0. The molecule has 0 aliphatic heterocycles. The van der Waals surface area contributed by atoms with E-state index >= 15 is 0 Å². The van der Waals surface area contributed by atoms with Crippen LogP contribution in [0.5, 0.6) is 0 Å². The first kappa shape index (κ1) is 16.3. The van der Waals surface area contributed by atoms with Gasteiger partial charge in [-0.1, -0.05) is 36.5 Å². The summed E-state index contributed by atoms with van der Waals surface area (Å²) in [6, 6.07) is 0. The van der Waals surface area contributed by atoms with Gasteiger partial charge >= 0.3 is 0 Å². The van der Waals surface area contributed by atoms with Gasteiger partial charge in [0.25, 0.3) is 0 Å². The number of nitrogens with two attached hydrogens (primary N) is 1. The van der Waals surface area contributed by atoms with Crippen LogP contribution in [0.3, 0.4) is 0 Å². The molecule has 0 unspecified atom stereocenters. The fraction of sp³-hybridized carbons (Fsp3) is 0.333. The normalized spacial score (nSPS) is 17.1. The topological polar surface area (TPSA) is 46.2 Å². The molecule has 0 spiro atoms. The Bertz CT molecular complexity index is 488. The van der Waals surface area contributed by atoms with E-state index in [2.05, 4.69) is 30.4 Å². The summed E-state index contributed by atoms with van der Waals surface area (Å²) in [4.78, 5) is 0. The molecule has 0 radical (unpaired) electrons. The van der Waals surface area contributed by atoms with Gasteiger partial charge in [-0.2, -0.15) is 0 Å². The second kappa shape index (κ2) is 9.16. The zero-order chi connectivity index (χ0) is 14.8. The molecule has 0 heterocycles. The molecule has 2 nitrogen and oxygen atoms in total. The molecule has 1 rings (SSSR count). The molecule has 1 aliphatic carbocycles. The quantitative estimate of drug-likeness (QED) is 0.719. The molecule has 0 saturated heterocycles. The van der Waals surface area contributed by atoms with Crippen LogP contribution in [0.2, 0.25) is 0 Å². The van der Waals surface area contributed by atoms with Crippen LogP contribution in [0.15, 0.2) is 71.0 Å². The Balaban J connectivity index is 3.03. The Morgan fingerprint density at radius 1 is 1.35 bits per heavy atom. The van der Waals surface area contributed by atoms with Crippen molar-refractivity contribution in [1.29, 1.82) is 0 Å². The third-order valence-electron chi connectivity index (χ3n) is 3.15. The molecule has 0 aromatic heterocycles. The van der Waals surface area contributed by atoms with E-state index in [4.69, 9.17) is 10.8 Å². The maximum absolute atomic E-state index is 9.07. The van der Waals surface area contributed by atoms with E-state index in [-0.39, 0.29) is 6.61 Å². The van der Waals surface area contributed by atoms with E-state index in [1.165, 1.54) is 16.7 Å². The minimum absolute atomic E-state index is 0.218. The summed E-state index contributed by atoms with van der Waals surface area (Å²) < 4.78 is 0. The number of hydrogen-bond donors (Lipinski definition) is 2. The number of aliphatic hydroxyl groups is 1. The van der Waals surface area contributed by atoms with Crippen LogP contribution in [0.4, 0.5) is 0 Å². The highest BCUT2D eigenvalue weighted by molar-refractivity contribution is 5.45. The van der Waals surface area contributed by atoms with Gasteiger partial charge in [-0.25, -0.2) is 0 Å². The van der Waals surface area contributed by atoms with Crippen molar-refractivity contribution in [1.82, 2.24) is 0 Å². The summed E-state index contributed by atoms with van der Waals surface area (Å²) in [7, 11) is 0. The van der Waals surface area contributed by atoms with Crippen molar-refractivity contribution >= 4 is 0 Å². The monoisotopic (exact) mass is 271 g/mol. The molecule has 2 heteroatoms. The smallest absolute Gasteiger partial charge is 0.0434 e. The molecule has 0 aromatic rings. The molecule has 0 atom stereocenters. The second-order valence-electron chi connectivity index (χ2n) is 4.76. The maximum Gasteiger partial charge on any atom is 0.0434 e. The number of hydrogen-bond acceptors (Lipinski definition) is 2. The first-order valence-electron chi connectivity index (χ1n) is 7.15. The summed E-state index contributed by atoms with van der Waals surface area (Å²) in [5.41, 5.74) is 10.3. The molecular formula is C18H25NO. The van der Waals surface area contributed by atoms with Gasteiger partial charge < -0.3 is 10.8 Å². The van der Waals surface area contributed by atoms with Gasteiger partial charge in [-0.3, -0.25) is 0 Å². The van der Waals surface area contributed by atoms with Gasteiger partial charge in [0.15, 0.2) is 0 Å². The Morgan fingerprint density at radius 3 is 2.80 bits per heavy atom. The largest absolute Gasteiger partial charge is 0.399 e. The molecule has 0 aromatic carbocycles. The van der Waals surface area contributed by atoms with Crippen molar-refractivity contribution in [3.63, 3.8) is 0 Å². The van der Waals surface area contributed by atoms with Crippen molar-refractivity contribution < 1.29 is 5.11 Å². The lowest BCUT2D eigenvalue weighted by atomic mass is 9.97.